The predicted octanol–water partition coefficient (Wildman–Crippen LogP) is 3.54. The molecule has 2 heterocycles. The molecule has 0 bridgehead atoms. The lowest BCUT2D eigenvalue weighted by Gasteiger charge is -2.20. The number of nitrogens with zero attached hydrogens (tertiary/aromatic N) is 3. The van der Waals surface area contributed by atoms with E-state index in [-0.39, 0.29) is 11.8 Å². The lowest BCUT2D eigenvalue weighted by Crippen LogP contribution is -2.25. The first-order valence-corrected chi connectivity index (χ1v) is 9.47. The Labute approximate surface area is 174 Å². The Kier molecular flexibility index (Phi) is 5.38. The van der Waals surface area contributed by atoms with Crippen LogP contribution in [0.2, 0.25) is 0 Å². The van der Waals surface area contributed by atoms with Crippen LogP contribution in [0.5, 0.6) is 11.5 Å². The molecule has 0 spiro atoms. The monoisotopic (exact) mass is 406 g/mol. The zero-order valence-corrected chi connectivity index (χ0v) is 17.0. The normalized spacial score (nSPS) is 15.5. The fraction of sp³-hybridized carbons (Fsp3) is 0.227. The lowest BCUT2D eigenvalue weighted by molar-refractivity contribution is -0.135. The van der Waals surface area contributed by atoms with Gasteiger partial charge in [-0.3, -0.25) is 9.89 Å². The molecule has 154 valence electrons. The summed E-state index contributed by atoms with van der Waals surface area (Å²) in [5.41, 5.74) is 3.15. The molecule has 1 N–H and O–H groups in total. The number of nitrogens with one attached hydrogen (secondary N) is 1. The van der Waals surface area contributed by atoms with Crippen LogP contribution in [0.1, 0.15) is 35.7 Å². The third kappa shape index (κ3) is 3.98. The number of H-pyrrole nitrogens is 1. The molecule has 0 fully saturated rings. The van der Waals surface area contributed by atoms with Gasteiger partial charge in [0.1, 0.15) is 12.3 Å². The van der Waals surface area contributed by atoms with E-state index in [1.807, 2.05) is 49.4 Å². The van der Waals surface area contributed by atoms with E-state index in [4.69, 9.17) is 14.2 Å². The summed E-state index contributed by atoms with van der Waals surface area (Å²) in [4.78, 5) is 12.2. The maximum absolute atomic E-state index is 12.2. The van der Waals surface area contributed by atoms with Crippen LogP contribution in [0.15, 0.2) is 59.7 Å². The van der Waals surface area contributed by atoms with Gasteiger partial charge in [0.15, 0.2) is 11.5 Å². The lowest BCUT2D eigenvalue weighted by atomic mass is 10.1. The molecule has 8 nitrogen and oxygen atoms in total. The van der Waals surface area contributed by atoms with Crippen molar-refractivity contribution in [1.82, 2.24) is 15.2 Å². The molecule has 1 atom stereocenters. The number of aromatic amines is 1. The van der Waals surface area contributed by atoms with E-state index >= 15 is 0 Å². The van der Waals surface area contributed by atoms with Crippen LogP contribution in [0.25, 0.3) is 0 Å². The Balaban J connectivity index is 1.60. The van der Waals surface area contributed by atoms with Gasteiger partial charge in [0.2, 0.25) is 12.1 Å². The minimum atomic E-state index is -0.723. The number of hydrogen-bond acceptors (Lipinski definition) is 6. The topological polar surface area (TPSA) is 89.0 Å². The van der Waals surface area contributed by atoms with E-state index in [1.54, 1.807) is 19.2 Å². The average Bonchev–Trinajstić information content (AvgIpc) is 3.39. The van der Waals surface area contributed by atoms with Gasteiger partial charge in [-0.1, -0.05) is 30.3 Å². The van der Waals surface area contributed by atoms with E-state index < -0.39 is 6.23 Å². The van der Waals surface area contributed by atoms with E-state index in [1.165, 1.54) is 11.9 Å². The fourth-order valence-corrected chi connectivity index (χ4v) is 3.11. The van der Waals surface area contributed by atoms with Crippen molar-refractivity contribution in [3.05, 3.63) is 77.1 Å². The molecule has 1 amide bonds. The molecule has 0 saturated carbocycles. The maximum atomic E-state index is 12.2. The summed E-state index contributed by atoms with van der Waals surface area (Å²) in [6.07, 6.45) is -0.723. The molecule has 0 aliphatic carbocycles. The Morgan fingerprint density at radius 3 is 2.63 bits per heavy atom. The van der Waals surface area contributed by atoms with Crippen LogP contribution in [0, 0.1) is 6.92 Å². The molecule has 2 aromatic carbocycles. The van der Waals surface area contributed by atoms with E-state index in [0.717, 1.165) is 11.3 Å². The first kappa shape index (κ1) is 19.5. The second-order valence-corrected chi connectivity index (χ2v) is 6.86. The van der Waals surface area contributed by atoms with Crippen molar-refractivity contribution >= 4 is 11.8 Å². The summed E-state index contributed by atoms with van der Waals surface area (Å²) >= 11 is 0. The standard InChI is InChI=1S/C22H22N4O4/c1-14-11-18(24-23-14)21-25-26(15(2)27)22(30-21)17-9-10-19(28-3)20(12-17)29-13-16-7-5-4-6-8-16/h4-12,22H,13H2,1-3H3,(H,23,24). The highest BCUT2D eigenvalue weighted by molar-refractivity contribution is 5.94. The number of carbonyl (C=O) groups excluding carboxylic acids is 1. The summed E-state index contributed by atoms with van der Waals surface area (Å²) in [7, 11) is 1.58. The molecule has 1 unspecified atom stereocenters. The van der Waals surface area contributed by atoms with Crippen LogP contribution in [0.4, 0.5) is 0 Å². The number of ether oxygens (including phenoxy) is 3. The van der Waals surface area contributed by atoms with Crippen molar-refractivity contribution in [2.24, 2.45) is 5.10 Å². The van der Waals surface area contributed by atoms with Crippen molar-refractivity contribution in [2.75, 3.05) is 7.11 Å². The third-order valence-electron chi connectivity index (χ3n) is 4.60. The minimum absolute atomic E-state index is 0.246. The van der Waals surface area contributed by atoms with Crippen molar-refractivity contribution in [3.63, 3.8) is 0 Å². The molecule has 1 aliphatic heterocycles. The van der Waals surface area contributed by atoms with Gasteiger partial charge in [0, 0.05) is 18.2 Å². The summed E-state index contributed by atoms with van der Waals surface area (Å²) in [5.74, 6) is 1.17. The van der Waals surface area contributed by atoms with E-state index in [9.17, 15) is 4.79 Å². The Hall–Kier alpha value is -3.81. The quantitative estimate of drug-likeness (QED) is 0.676. The largest absolute Gasteiger partial charge is 0.493 e. The van der Waals surface area contributed by atoms with Gasteiger partial charge in [-0.25, -0.2) is 0 Å². The van der Waals surface area contributed by atoms with Gasteiger partial charge in [0.05, 0.1) is 7.11 Å². The van der Waals surface area contributed by atoms with Gasteiger partial charge in [-0.2, -0.15) is 10.1 Å². The summed E-state index contributed by atoms with van der Waals surface area (Å²) in [6.45, 7) is 3.71. The number of methoxy groups -OCH3 is 1. The highest BCUT2D eigenvalue weighted by Crippen LogP contribution is 2.36. The molecule has 0 radical (unpaired) electrons. The molecule has 3 aromatic rings. The van der Waals surface area contributed by atoms with Gasteiger partial charge < -0.3 is 14.2 Å². The zero-order valence-electron chi connectivity index (χ0n) is 17.0. The van der Waals surface area contributed by atoms with Crippen molar-refractivity contribution in [3.8, 4) is 11.5 Å². The number of benzene rings is 2. The van der Waals surface area contributed by atoms with Crippen molar-refractivity contribution in [1.29, 1.82) is 0 Å². The third-order valence-corrected chi connectivity index (χ3v) is 4.60. The second-order valence-electron chi connectivity index (χ2n) is 6.86. The fourth-order valence-electron chi connectivity index (χ4n) is 3.11. The summed E-state index contributed by atoms with van der Waals surface area (Å²) in [6, 6.07) is 17.1. The Morgan fingerprint density at radius 2 is 1.97 bits per heavy atom. The molecular formula is C22H22N4O4. The first-order chi connectivity index (χ1) is 14.5. The summed E-state index contributed by atoms with van der Waals surface area (Å²) in [5, 5.41) is 12.6. The highest BCUT2D eigenvalue weighted by atomic mass is 16.5. The van der Waals surface area contributed by atoms with Gasteiger partial charge >= 0.3 is 0 Å². The number of rotatable bonds is 6. The SMILES string of the molecule is COc1ccc(C2OC(c3cc(C)[nH]n3)=NN2C(C)=O)cc1OCc1ccccc1. The molecule has 30 heavy (non-hydrogen) atoms. The van der Waals surface area contributed by atoms with Crippen molar-refractivity contribution in [2.45, 2.75) is 26.7 Å². The molecule has 1 aromatic heterocycles. The van der Waals surface area contributed by atoms with E-state index in [2.05, 4.69) is 15.3 Å². The Morgan fingerprint density at radius 1 is 1.17 bits per heavy atom. The average molecular weight is 406 g/mol. The molecule has 8 heteroatoms. The number of hydrazone groups is 1. The molecular weight excluding hydrogens is 384 g/mol. The number of aromatic nitrogens is 2. The number of amides is 1. The van der Waals surface area contributed by atoms with E-state index in [0.29, 0.717) is 29.4 Å². The van der Waals surface area contributed by atoms with Crippen LogP contribution in [0.3, 0.4) is 0 Å². The molecule has 1 aliphatic rings. The predicted molar refractivity (Wildman–Crippen MR) is 110 cm³/mol. The number of hydrogen-bond donors (Lipinski definition) is 1. The first-order valence-electron chi connectivity index (χ1n) is 9.47. The molecule has 0 saturated heterocycles. The van der Waals surface area contributed by atoms with Crippen LogP contribution in [-0.2, 0) is 16.1 Å². The number of aryl methyl sites for hydroxylation is 1. The highest BCUT2D eigenvalue weighted by Gasteiger charge is 2.34. The van der Waals surface area contributed by atoms with Gasteiger partial charge in [0.25, 0.3) is 5.90 Å². The van der Waals surface area contributed by atoms with Crippen LogP contribution >= 0.6 is 0 Å². The van der Waals surface area contributed by atoms with Gasteiger partial charge in [-0.15, -0.1) is 5.10 Å². The maximum Gasteiger partial charge on any atom is 0.261 e. The second kappa shape index (κ2) is 8.28. The zero-order chi connectivity index (χ0) is 21.1. The minimum Gasteiger partial charge on any atom is -0.493 e. The number of carbonyl (C=O) groups is 1. The van der Waals surface area contributed by atoms with Crippen LogP contribution < -0.4 is 9.47 Å². The van der Waals surface area contributed by atoms with Gasteiger partial charge in [-0.05, 0) is 36.8 Å². The van der Waals surface area contributed by atoms with Crippen molar-refractivity contribution < 1.29 is 19.0 Å². The van der Waals surface area contributed by atoms with Crippen LogP contribution in [-0.4, -0.2) is 34.1 Å². The summed E-state index contributed by atoms with van der Waals surface area (Å²) < 4.78 is 17.4. The Bertz CT molecular complexity index is 1080. The smallest absolute Gasteiger partial charge is 0.261 e. The molecule has 4 rings (SSSR count).